The number of piperidine rings is 1. The number of aromatic nitrogens is 3. The number of H-pyrrole nitrogens is 1. The van der Waals surface area contributed by atoms with Crippen LogP contribution >= 0.6 is 11.6 Å². The first-order chi connectivity index (χ1) is 13.8. The number of aromatic amines is 1. The molecule has 1 aliphatic heterocycles. The van der Waals surface area contributed by atoms with Crippen LogP contribution in [0.3, 0.4) is 0 Å². The number of ether oxygens (including phenoxy) is 1. The van der Waals surface area contributed by atoms with Crippen LogP contribution in [0.25, 0.3) is 11.0 Å². The molecule has 12 heteroatoms. The highest BCUT2D eigenvalue weighted by Crippen LogP contribution is 2.25. The summed E-state index contributed by atoms with van der Waals surface area (Å²) in [7, 11) is -3.67. The average Bonchev–Trinajstić information content (AvgIpc) is 2.98. The van der Waals surface area contributed by atoms with E-state index in [9.17, 15) is 13.2 Å². The van der Waals surface area contributed by atoms with Gasteiger partial charge in [-0.05, 0) is 39.2 Å². The van der Waals surface area contributed by atoms with E-state index in [1.165, 1.54) is 6.33 Å². The molecule has 0 saturated carbocycles. The van der Waals surface area contributed by atoms with E-state index in [1.54, 1.807) is 0 Å². The van der Waals surface area contributed by atoms with Crippen LogP contribution in [0.4, 0.5) is 4.79 Å². The summed E-state index contributed by atoms with van der Waals surface area (Å²) in [6, 6.07) is 0.154. The third-order valence-corrected chi connectivity index (χ3v) is 4.49. The highest BCUT2D eigenvalue weighted by atomic mass is 35.5. The maximum Gasteiger partial charge on any atom is 0.407 e. The molecular weight excluding hydrogens is 434 g/mol. The van der Waals surface area contributed by atoms with Gasteiger partial charge in [-0.2, -0.15) is 8.42 Å². The van der Waals surface area contributed by atoms with Gasteiger partial charge in [0.2, 0.25) is 0 Å². The van der Waals surface area contributed by atoms with Gasteiger partial charge in [0.1, 0.15) is 22.7 Å². The second-order valence-electron chi connectivity index (χ2n) is 8.13. The van der Waals surface area contributed by atoms with Gasteiger partial charge in [0.25, 0.3) is 10.1 Å². The number of fused-ring (bicyclic) bond motifs is 1. The number of alkyl carbamates (subject to hydrolysis) is 1. The van der Waals surface area contributed by atoms with Crippen molar-refractivity contribution in [3.8, 4) is 0 Å². The SMILES string of the molecule is CC(C)(C)OC(=O)NC1CCN(Cc2c[nH]c3ncnc(Cl)c23)CC1.CS(=O)(=O)O. The van der Waals surface area contributed by atoms with Crippen LogP contribution in [0.5, 0.6) is 0 Å². The summed E-state index contributed by atoms with van der Waals surface area (Å²) in [5.41, 5.74) is 1.39. The van der Waals surface area contributed by atoms with Crippen molar-refractivity contribution < 1.29 is 22.5 Å². The van der Waals surface area contributed by atoms with Gasteiger partial charge in [-0.3, -0.25) is 9.45 Å². The molecular formula is C18H28ClN5O5S. The molecule has 1 fully saturated rings. The summed E-state index contributed by atoms with van der Waals surface area (Å²) in [5, 5.41) is 4.32. The Labute approximate surface area is 181 Å². The van der Waals surface area contributed by atoms with Gasteiger partial charge in [-0.25, -0.2) is 14.8 Å². The van der Waals surface area contributed by atoms with Crippen molar-refractivity contribution in [3.63, 3.8) is 0 Å². The van der Waals surface area contributed by atoms with E-state index in [2.05, 4.69) is 25.2 Å². The van der Waals surface area contributed by atoms with Gasteiger partial charge < -0.3 is 15.0 Å². The Kier molecular flexibility index (Phi) is 8.03. The van der Waals surface area contributed by atoms with E-state index in [0.29, 0.717) is 11.4 Å². The minimum atomic E-state index is -3.67. The first kappa shape index (κ1) is 24.3. The fraction of sp³-hybridized carbons (Fsp3) is 0.611. The van der Waals surface area contributed by atoms with Crippen LogP contribution in [-0.4, -0.2) is 69.9 Å². The molecule has 3 heterocycles. The Morgan fingerprint density at radius 1 is 1.37 bits per heavy atom. The van der Waals surface area contributed by atoms with Crippen LogP contribution in [-0.2, 0) is 21.4 Å². The molecule has 0 atom stereocenters. The Morgan fingerprint density at radius 2 is 1.97 bits per heavy atom. The Hall–Kier alpha value is -1.95. The smallest absolute Gasteiger partial charge is 0.407 e. The van der Waals surface area contributed by atoms with Crippen molar-refractivity contribution in [2.24, 2.45) is 0 Å². The number of carbonyl (C=O) groups is 1. The molecule has 3 N–H and O–H groups in total. The number of halogens is 1. The lowest BCUT2D eigenvalue weighted by atomic mass is 10.0. The van der Waals surface area contributed by atoms with E-state index >= 15 is 0 Å². The van der Waals surface area contributed by atoms with Gasteiger partial charge in [0.05, 0.1) is 11.6 Å². The molecule has 1 saturated heterocycles. The summed E-state index contributed by atoms with van der Waals surface area (Å²) in [4.78, 5) is 25.6. The van der Waals surface area contributed by atoms with Gasteiger partial charge >= 0.3 is 6.09 Å². The lowest BCUT2D eigenvalue weighted by Gasteiger charge is -2.32. The molecule has 0 bridgehead atoms. The Morgan fingerprint density at radius 3 is 2.53 bits per heavy atom. The van der Waals surface area contributed by atoms with Crippen molar-refractivity contribution in [1.82, 2.24) is 25.2 Å². The number of amides is 1. The molecule has 168 valence electrons. The first-order valence-electron chi connectivity index (χ1n) is 9.42. The zero-order valence-corrected chi connectivity index (χ0v) is 19.0. The molecule has 30 heavy (non-hydrogen) atoms. The third-order valence-electron chi connectivity index (χ3n) is 4.21. The van der Waals surface area contributed by atoms with Crippen molar-refractivity contribution in [1.29, 1.82) is 0 Å². The number of carbonyl (C=O) groups excluding carboxylic acids is 1. The van der Waals surface area contributed by atoms with Crippen molar-refractivity contribution >= 4 is 38.8 Å². The number of hydrogen-bond donors (Lipinski definition) is 3. The van der Waals surface area contributed by atoms with Crippen molar-refractivity contribution in [3.05, 3.63) is 23.2 Å². The van der Waals surface area contributed by atoms with Gasteiger partial charge in [0.15, 0.2) is 0 Å². The standard InChI is InChI=1S/C17H24ClN5O2.CH4O3S/c1-17(2,3)25-16(24)22-12-4-6-23(7-5-12)9-11-8-19-15-13(11)14(18)20-10-21-15;1-5(2,3)4/h8,10,12H,4-7,9H2,1-3H3,(H,22,24)(H,19,20,21);1H3,(H,2,3,4). The fourth-order valence-corrected chi connectivity index (χ4v) is 3.32. The zero-order valence-electron chi connectivity index (χ0n) is 17.5. The lowest BCUT2D eigenvalue weighted by Crippen LogP contribution is -2.45. The molecule has 0 spiro atoms. The lowest BCUT2D eigenvalue weighted by molar-refractivity contribution is 0.0477. The monoisotopic (exact) mass is 461 g/mol. The number of rotatable bonds is 3. The summed E-state index contributed by atoms with van der Waals surface area (Å²) in [5.74, 6) is 0. The predicted molar refractivity (Wildman–Crippen MR) is 114 cm³/mol. The minimum Gasteiger partial charge on any atom is -0.444 e. The van der Waals surface area contributed by atoms with Gasteiger partial charge in [-0.15, -0.1) is 0 Å². The van der Waals surface area contributed by atoms with E-state index in [0.717, 1.165) is 49.1 Å². The second-order valence-corrected chi connectivity index (χ2v) is 9.96. The Balaban J connectivity index is 0.000000575. The molecule has 1 amide bonds. The van der Waals surface area contributed by atoms with Crippen LogP contribution < -0.4 is 5.32 Å². The summed E-state index contributed by atoms with van der Waals surface area (Å²) < 4.78 is 31.2. The van der Waals surface area contributed by atoms with Crippen LogP contribution in [0, 0.1) is 0 Å². The highest BCUT2D eigenvalue weighted by molar-refractivity contribution is 7.85. The second kappa shape index (κ2) is 9.90. The summed E-state index contributed by atoms with van der Waals surface area (Å²) >= 11 is 6.20. The van der Waals surface area contributed by atoms with Crippen LogP contribution in [0.15, 0.2) is 12.5 Å². The van der Waals surface area contributed by atoms with Crippen molar-refractivity contribution in [2.75, 3.05) is 19.3 Å². The van der Waals surface area contributed by atoms with Crippen LogP contribution in [0.2, 0.25) is 5.15 Å². The number of nitrogens with one attached hydrogen (secondary N) is 2. The third kappa shape index (κ3) is 8.42. The van der Waals surface area contributed by atoms with E-state index in [4.69, 9.17) is 20.9 Å². The molecule has 2 aromatic rings. The average molecular weight is 462 g/mol. The summed E-state index contributed by atoms with van der Waals surface area (Å²) in [6.07, 6.45) is 5.56. The molecule has 3 rings (SSSR count). The van der Waals surface area contributed by atoms with E-state index < -0.39 is 15.7 Å². The molecule has 0 aliphatic carbocycles. The number of nitrogens with zero attached hydrogens (tertiary/aromatic N) is 3. The molecule has 1 aliphatic rings. The Bertz CT molecular complexity index is 957. The largest absolute Gasteiger partial charge is 0.444 e. The van der Waals surface area contributed by atoms with Crippen molar-refractivity contribution in [2.45, 2.75) is 51.8 Å². The highest BCUT2D eigenvalue weighted by Gasteiger charge is 2.24. The molecule has 2 aromatic heterocycles. The quantitative estimate of drug-likeness (QED) is 0.468. The van der Waals surface area contributed by atoms with E-state index in [-0.39, 0.29) is 12.1 Å². The molecule has 10 nitrogen and oxygen atoms in total. The van der Waals surface area contributed by atoms with Crippen LogP contribution in [0.1, 0.15) is 39.2 Å². The topological polar surface area (TPSA) is 138 Å². The van der Waals surface area contributed by atoms with Gasteiger partial charge in [-0.1, -0.05) is 11.6 Å². The molecule has 0 aromatic carbocycles. The first-order valence-corrected chi connectivity index (χ1v) is 11.7. The van der Waals surface area contributed by atoms with Gasteiger partial charge in [0, 0.05) is 31.9 Å². The maximum absolute atomic E-state index is 11.9. The fourth-order valence-electron chi connectivity index (χ4n) is 3.06. The minimum absolute atomic E-state index is 0.154. The molecule has 0 unspecified atom stereocenters. The molecule has 0 radical (unpaired) electrons. The number of likely N-dealkylation sites (tertiary alicyclic amines) is 1. The van der Waals surface area contributed by atoms with E-state index in [1.807, 2.05) is 27.0 Å². The zero-order chi connectivity index (χ0) is 22.5. The number of hydrogen-bond acceptors (Lipinski definition) is 7. The maximum atomic E-state index is 11.9. The normalized spacial score (nSPS) is 16.1. The predicted octanol–water partition coefficient (Wildman–Crippen LogP) is 2.60. The summed E-state index contributed by atoms with van der Waals surface area (Å²) in [6.45, 7) is 8.19.